The number of hydrogen-bond acceptors (Lipinski definition) is 6. The van der Waals surface area contributed by atoms with Crippen molar-refractivity contribution in [2.24, 2.45) is 0 Å². The van der Waals surface area contributed by atoms with E-state index in [2.05, 4.69) is 10.2 Å². The number of amides is 2. The van der Waals surface area contributed by atoms with E-state index < -0.39 is 16.9 Å². The molecule has 3 rings (SSSR count). The van der Waals surface area contributed by atoms with Crippen molar-refractivity contribution < 1.29 is 19.2 Å². The van der Waals surface area contributed by atoms with Crippen molar-refractivity contribution in [2.45, 2.75) is 25.8 Å². The largest absolute Gasteiger partial charge is 0.465 e. The van der Waals surface area contributed by atoms with Gasteiger partial charge in [0.2, 0.25) is 0 Å². The monoisotopic (exact) mass is 426 g/mol. The number of anilines is 2. The van der Waals surface area contributed by atoms with Crippen LogP contribution in [0, 0.1) is 10.1 Å². The number of methoxy groups -OCH3 is 1. The Kier molecular flexibility index (Phi) is 6.74. The lowest BCUT2D eigenvalue weighted by Crippen LogP contribution is -2.34. The molecule has 31 heavy (non-hydrogen) atoms. The van der Waals surface area contributed by atoms with Gasteiger partial charge in [-0.15, -0.1) is 0 Å². The molecule has 0 aromatic heterocycles. The summed E-state index contributed by atoms with van der Waals surface area (Å²) < 4.78 is 4.80. The van der Waals surface area contributed by atoms with E-state index in [-0.39, 0.29) is 11.7 Å². The Hall–Kier alpha value is -3.62. The van der Waals surface area contributed by atoms with Crippen LogP contribution in [0.2, 0.25) is 0 Å². The van der Waals surface area contributed by atoms with Crippen LogP contribution < -0.4 is 10.2 Å². The van der Waals surface area contributed by atoms with E-state index in [1.165, 1.54) is 24.1 Å². The highest BCUT2D eigenvalue weighted by Crippen LogP contribution is 2.31. The number of urea groups is 1. The smallest absolute Gasteiger partial charge is 0.337 e. The van der Waals surface area contributed by atoms with E-state index >= 15 is 0 Å². The minimum Gasteiger partial charge on any atom is -0.465 e. The highest BCUT2D eigenvalue weighted by atomic mass is 16.6. The zero-order chi connectivity index (χ0) is 22.5. The van der Waals surface area contributed by atoms with Crippen LogP contribution in [0.3, 0.4) is 0 Å². The van der Waals surface area contributed by atoms with Gasteiger partial charge in [-0.05, 0) is 43.5 Å². The van der Waals surface area contributed by atoms with Crippen molar-refractivity contribution in [1.82, 2.24) is 4.90 Å². The molecule has 9 heteroatoms. The number of non-ortho nitro benzene ring substituents is 1. The molecule has 2 aromatic carbocycles. The van der Waals surface area contributed by atoms with E-state index in [0.717, 1.165) is 31.6 Å². The first-order chi connectivity index (χ1) is 14.8. The molecular formula is C22H26N4O5. The zero-order valence-corrected chi connectivity index (χ0v) is 17.8. The third-order valence-electron chi connectivity index (χ3n) is 5.57. The van der Waals surface area contributed by atoms with E-state index in [0.29, 0.717) is 16.8 Å². The lowest BCUT2D eigenvalue weighted by molar-refractivity contribution is -0.384. The van der Waals surface area contributed by atoms with Gasteiger partial charge < -0.3 is 19.9 Å². The Labute approximate surface area is 180 Å². The predicted molar refractivity (Wildman–Crippen MR) is 118 cm³/mol. The normalized spacial score (nSPS) is 14.1. The van der Waals surface area contributed by atoms with Crippen LogP contribution in [0.1, 0.15) is 41.7 Å². The highest BCUT2D eigenvalue weighted by Gasteiger charge is 2.23. The molecule has 0 aliphatic carbocycles. The topological polar surface area (TPSA) is 105 Å². The van der Waals surface area contributed by atoms with Crippen molar-refractivity contribution in [2.75, 3.05) is 37.5 Å². The SMILES string of the molecule is COC(=O)c1ccc(N2CCCC2)c(NC(=O)N(C)C(C)c2cccc([N+](=O)[O-])c2)c1. The summed E-state index contributed by atoms with van der Waals surface area (Å²) in [5.41, 5.74) is 2.33. The number of benzene rings is 2. The summed E-state index contributed by atoms with van der Waals surface area (Å²) in [6, 6.07) is 10.5. The van der Waals surface area contributed by atoms with Gasteiger partial charge in [0.25, 0.3) is 5.69 Å². The molecule has 0 bridgehead atoms. The number of nitrogens with zero attached hydrogens (tertiary/aromatic N) is 3. The third-order valence-corrected chi connectivity index (χ3v) is 5.57. The van der Waals surface area contributed by atoms with Gasteiger partial charge in [0.1, 0.15) is 0 Å². The van der Waals surface area contributed by atoms with Gasteiger partial charge in [-0.25, -0.2) is 9.59 Å². The molecule has 1 heterocycles. The van der Waals surface area contributed by atoms with Crippen molar-refractivity contribution in [3.8, 4) is 0 Å². The summed E-state index contributed by atoms with van der Waals surface area (Å²) in [6.07, 6.45) is 2.13. The van der Waals surface area contributed by atoms with Crippen LogP contribution in [-0.4, -0.2) is 49.1 Å². The molecule has 0 radical (unpaired) electrons. The van der Waals surface area contributed by atoms with Crippen LogP contribution in [0.5, 0.6) is 0 Å². The number of ether oxygens (including phenoxy) is 1. The first-order valence-corrected chi connectivity index (χ1v) is 10.1. The van der Waals surface area contributed by atoms with E-state index in [4.69, 9.17) is 4.74 Å². The second kappa shape index (κ2) is 9.46. The molecule has 1 aliphatic rings. The molecule has 9 nitrogen and oxygen atoms in total. The number of carbonyl (C=O) groups is 2. The maximum absolute atomic E-state index is 13.0. The number of carbonyl (C=O) groups excluding carboxylic acids is 2. The second-order valence-electron chi connectivity index (χ2n) is 7.49. The first-order valence-electron chi connectivity index (χ1n) is 10.1. The standard InChI is InChI=1S/C22H26N4O5/c1-15(16-7-6-8-18(13-16)26(29)30)24(2)22(28)23-19-14-17(21(27)31-3)9-10-20(19)25-11-4-5-12-25/h6-10,13-15H,4-5,11-12H2,1-3H3,(H,23,28). The average Bonchev–Trinajstić information content (AvgIpc) is 3.32. The van der Waals surface area contributed by atoms with Gasteiger partial charge in [0.05, 0.1) is 35.0 Å². The van der Waals surface area contributed by atoms with Crippen LogP contribution >= 0.6 is 0 Å². The number of hydrogen-bond donors (Lipinski definition) is 1. The minimum atomic E-state index is -0.484. The maximum atomic E-state index is 13.0. The predicted octanol–water partition coefficient (Wildman–Crippen LogP) is 4.21. The number of esters is 1. The van der Waals surface area contributed by atoms with Gasteiger partial charge >= 0.3 is 12.0 Å². The fourth-order valence-electron chi connectivity index (χ4n) is 3.62. The van der Waals surface area contributed by atoms with Crippen molar-refractivity contribution in [3.05, 3.63) is 63.7 Å². The third kappa shape index (κ3) is 4.93. The molecule has 1 atom stereocenters. The van der Waals surface area contributed by atoms with E-state index in [1.807, 2.05) is 6.07 Å². The molecule has 0 saturated carbocycles. The highest BCUT2D eigenvalue weighted by molar-refractivity contribution is 5.97. The van der Waals surface area contributed by atoms with Crippen LogP contribution in [0.15, 0.2) is 42.5 Å². The lowest BCUT2D eigenvalue weighted by atomic mass is 10.1. The number of nitrogens with one attached hydrogen (secondary N) is 1. The van der Waals surface area contributed by atoms with Gasteiger partial charge in [-0.2, -0.15) is 0 Å². The molecule has 1 unspecified atom stereocenters. The Morgan fingerprint density at radius 1 is 1.19 bits per heavy atom. The van der Waals surface area contributed by atoms with Crippen molar-refractivity contribution in [1.29, 1.82) is 0 Å². The molecule has 2 amide bonds. The molecule has 1 saturated heterocycles. The molecular weight excluding hydrogens is 400 g/mol. The first kappa shape index (κ1) is 22.1. The van der Waals surface area contributed by atoms with Crippen LogP contribution in [0.4, 0.5) is 21.9 Å². The minimum absolute atomic E-state index is 0.0275. The van der Waals surface area contributed by atoms with Crippen LogP contribution in [0.25, 0.3) is 0 Å². The fourth-order valence-corrected chi connectivity index (χ4v) is 3.62. The van der Waals surface area contributed by atoms with Crippen molar-refractivity contribution in [3.63, 3.8) is 0 Å². The Balaban J connectivity index is 1.84. The lowest BCUT2D eigenvalue weighted by Gasteiger charge is -2.27. The average molecular weight is 426 g/mol. The number of nitro groups is 1. The molecule has 0 spiro atoms. The van der Waals surface area contributed by atoms with E-state index in [9.17, 15) is 19.7 Å². The molecule has 1 aliphatic heterocycles. The van der Waals surface area contributed by atoms with Gasteiger partial charge in [-0.3, -0.25) is 10.1 Å². The number of rotatable bonds is 6. The quantitative estimate of drug-likeness (QED) is 0.421. The molecule has 1 fully saturated rings. The fraction of sp³-hybridized carbons (Fsp3) is 0.364. The molecule has 1 N–H and O–H groups in total. The zero-order valence-electron chi connectivity index (χ0n) is 17.8. The second-order valence-corrected chi connectivity index (χ2v) is 7.49. The number of nitro benzene ring substituents is 1. The van der Waals surface area contributed by atoms with Crippen molar-refractivity contribution >= 4 is 29.1 Å². The Morgan fingerprint density at radius 2 is 1.90 bits per heavy atom. The molecule has 2 aromatic rings. The summed E-state index contributed by atoms with van der Waals surface area (Å²) in [5, 5.41) is 14.0. The molecule has 164 valence electrons. The van der Waals surface area contributed by atoms with Gasteiger partial charge in [0.15, 0.2) is 0 Å². The summed E-state index contributed by atoms with van der Waals surface area (Å²) in [6.45, 7) is 3.55. The Bertz CT molecular complexity index is 988. The van der Waals surface area contributed by atoms with Gasteiger partial charge in [-0.1, -0.05) is 12.1 Å². The van der Waals surface area contributed by atoms with Crippen LogP contribution in [-0.2, 0) is 4.74 Å². The summed E-state index contributed by atoms with van der Waals surface area (Å²) in [5.74, 6) is -0.484. The summed E-state index contributed by atoms with van der Waals surface area (Å²) in [4.78, 5) is 39.2. The van der Waals surface area contributed by atoms with E-state index in [1.54, 1.807) is 38.2 Å². The maximum Gasteiger partial charge on any atom is 0.337 e. The summed E-state index contributed by atoms with van der Waals surface area (Å²) in [7, 11) is 2.93. The van der Waals surface area contributed by atoms with Gasteiger partial charge in [0, 0.05) is 32.3 Å². The summed E-state index contributed by atoms with van der Waals surface area (Å²) >= 11 is 0. The Morgan fingerprint density at radius 3 is 2.55 bits per heavy atom.